The molecule has 2 atom stereocenters. The highest BCUT2D eigenvalue weighted by atomic mass is 16.5. The fourth-order valence-electron chi connectivity index (χ4n) is 1.54. The molecule has 5 heteroatoms. The van der Waals surface area contributed by atoms with Gasteiger partial charge >= 0.3 is 0 Å². The van der Waals surface area contributed by atoms with Crippen molar-refractivity contribution < 1.29 is 18.9 Å². The molecule has 2 unspecified atom stereocenters. The van der Waals surface area contributed by atoms with Crippen LogP contribution in [0.25, 0.3) is 0 Å². The Kier molecular flexibility index (Phi) is 7.71. The van der Waals surface area contributed by atoms with E-state index in [1.807, 2.05) is 0 Å². The first-order chi connectivity index (χ1) is 7.84. The molecule has 0 aliphatic carbocycles. The Morgan fingerprint density at radius 3 is 2.88 bits per heavy atom. The second-order valence-corrected chi connectivity index (χ2v) is 3.90. The summed E-state index contributed by atoms with van der Waals surface area (Å²) in [7, 11) is 1.66. The minimum absolute atomic E-state index is 0.0488. The van der Waals surface area contributed by atoms with Crippen molar-refractivity contribution in [3.05, 3.63) is 0 Å². The van der Waals surface area contributed by atoms with Crippen molar-refractivity contribution in [2.45, 2.75) is 25.0 Å². The zero-order chi connectivity index (χ0) is 11.6. The molecule has 0 amide bonds. The SMILES string of the molecule is COCCOCCCOC1COCCC1N. The summed E-state index contributed by atoms with van der Waals surface area (Å²) in [5.74, 6) is 0. The normalized spacial score (nSPS) is 25.9. The molecule has 1 saturated heterocycles. The van der Waals surface area contributed by atoms with Crippen LogP contribution in [0.4, 0.5) is 0 Å². The highest BCUT2D eigenvalue weighted by Crippen LogP contribution is 2.09. The van der Waals surface area contributed by atoms with Crippen molar-refractivity contribution in [1.29, 1.82) is 0 Å². The zero-order valence-corrected chi connectivity index (χ0v) is 10.0. The quantitative estimate of drug-likeness (QED) is 0.606. The third-order valence-corrected chi connectivity index (χ3v) is 2.55. The lowest BCUT2D eigenvalue weighted by Gasteiger charge is -2.28. The summed E-state index contributed by atoms with van der Waals surface area (Å²) in [4.78, 5) is 0. The summed E-state index contributed by atoms with van der Waals surface area (Å²) in [6.45, 7) is 4.03. The Morgan fingerprint density at radius 2 is 2.12 bits per heavy atom. The summed E-state index contributed by atoms with van der Waals surface area (Å²) in [5, 5.41) is 0. The molecule has 0 aromatic rings. The van der Waals surface area contributed by atoms with Crippen molar-refractivity contribution >= 4 is 0 Å². The highest BCUT2D eigenvalue weighted by molar-refractivity contribution is 4.76. The molecule has 1 heterocycles. The van der Waals surface area contributed by atoms with E-state index in [0.717, 1.165) is 19.4 Å². The van der Waals surface area contributed by atoms with Crippen molar-refractivity contribution in [2.24, 2.45) is 5.73 Å². The first-order valence-electron chi connectivity index (χ1n) is 5.86. The van der Waals surface area contributed by atoms with E-state index < -0.39 is 0 Å². The second kappa shape index (κ2) is 8.90. The monoisotopic (exact) mass is 233 g/mol. The Balaban J connectivity index is 1.90. The van der Waals surface area contributed by atoms with Gasteiger partial charge in [0.25, 0.3) is 0 Å². The first-order valence-corrected chi connectivity index (χ1v) is 5.86. The first kappa shape index (κ1) is 13.9. The highest BCUT2D eigenvalue weighted by Gasteiger charge is 2.22. The van der Waals surface area contributed by atoms with Crippen LogP contribution in [0.1, 0.15) is 12.8 Å². The van der Waals surface area contributed by atoms with Gasteiger partial charge in [0, 0.05) is 33.0 Å². The minimum atomic E-state index is 0.0488. The molecule has 0 spiro atoms. The molecule has 0 saturated carbocycles. The van der Waals surface area contributed by atoms with Gasteiger partial charge in [-0.1, -0.05) is 0 Å². The van der Waals surface area contributed by atoms with Crippen LogP contribution in [0.2, 0.25) is 0 Å². The molecule has 0 radical (unpaired) electrons. The van der Waals surface area contributed by atoms with Crippen LogP contribution in [0, 0.1) is 0 Å². The van der Waals surface area contributed by atoms with E-state index in [2.05, 4.69) is 0 Å². The maximum atomic E-state index is 5.91. The van der Waals surface area contributed by atoms with Crippen LogP contribution in [0.15, 0.2) is 0 Å². The molecule has 2 N–H and O–H groups in total. The van der Waals surface area contributed by atoms with Gasteiger partial charge in [0.15, 0.2) is 0 Å². The second-order valence-electron chi connectivity index (χ2n) is 3.90. The molecule has 0 aromatic carbocycles. The van der Waals surface area contributed by atoms with Gasteiger partial charge in [0.05, 0.1) is 25.9 Å². The largest absolute Gasteiger partial charge is 0.382 e. The Hall–Kier alpha value is -0.200. The molecule has 16 heavy (non-hydrogen) atoms. The lowest BCUT2D eigenvalue weighted by atomic mass is 10.1. The molecule has 1 fully saturated rings. The predicted molar refractivity (Wildman–Crippen MR) is 60.5 cm³/mol. The topological polar surface area (TPSA) is 62.9 Å². The van der Waals surface area contributed by atoms with Gasteiger partial charge < -0.3 is 24.7 Å². The number of methoxy groups -OCH3 is 1. The number of hydrogen-bond donors (Lipinski definition) is 1. The smallest absolute Gasteiger partial charge is 0.0959 e. The summed E-state index contributed by atoms with van der Waals surface area (Å²) >= 11 is 0. The van der Waals surface area contributed by atoms with E-state index in [-0.39, 0.29) is 12.1 Å². The van der Waals surface area contributed by atoms with E-state index >= 15 is 0 Å². The van der Waals surface area contributed by atoms with Gasteiger partial charge in [0.2, 0.25) is 0 Å². The minimum Gasteiger partial charge on any atom is -0.382 e. The van der Waals surface area contributed by atoms with Gasteiger partial charge in [-0.3, -0.25) is 0 Å². The molecule has 0 bridgehead atoms. The van der Waals surface area contributed by atoms with E-state index in [1.54, 1.807) is 7.11 Å². The third kappa shape index (κ3) is 5.77. The number of nitrogens with two attached hydrogens (primary N) is 1. The molecular formula is C11H23NO4. The number of hydrogen-bond acceptors (Lipinski definition) is 5. The van der Waals surface area contributed by atoms with Crippen molar-refractivity contribution in [3.63, 3.8) is 0 Å². The van der Waals surface area contributed by atoms with Crippen LogP contribution < -0.4 is 5.73 Å². The average Bonchev–Trinajstić information content (AvgIpc) is 2.30. The maximum absolute atomic E-state index is 5.91. The maximum Gasteiger partial charge on any atom is 0.0959 e. The van der Waals surface area contributed by atoms with E-state index in [4.69, 9.17) is 24.7 Å². The predicted octanol–water partition coefficient (Wildman–Crippen LogP) is 0.172. The summed E-state index contributed by atoms with van der Waals surface area (Å²) in [6, 6.07) is 0.114. The van der Waals surface area contributed by atoms with Crippen molar-refractivity contribution in [3.8, 4) is 0 Å². The van der Waals surface area contributed by atoms with Gasteiger partial charge in [-0.15, -0.1) is 0 Å². The summed E-state index contributed by atoms with van der Waals surface area (Å²) < 4.78 is 21.1. The van der Waals surface area contributed by atoms with Gasteiger partial charge in [-0.2, -0.15) is 0 Å². The van der Waals surface area contributed by atoms with Crippen LogP contribution in [0.3, 0.4) is 0 Å². The Morgan fingerprint density at radius 1 is 1.25 bits per heavy atom. The fourth-order valence-corrected chi connectivity index (χ4v) is 1.54. The number of rotatable bonds is 8. The molecule has 5 nitrogen and oxygen atoms in total. The van der Waals surface area contributed by atoms with E-state index in [0.29, 0.717) is 33.0 Å². The molecule has 1 rings (SSSR count). The standard InChI is InChI=1S/C11H23NO4/c1-13-7-8-14-4-2-5-16-11-9-15-6-3-10(11)12/h10-11H,2-9,12H2,1H3. The molecule has 1 aliphatic heterocycles. The van der Waals surface area contributed by atoms with Gasteiger partial charge in [-0.25, -0.2) is 0 Å². The molecule has 1 aliphatic rings. The van der Waals surface area contributed by atoms with E-state index in [1.165, 1.54) is 0 Å². The molecule has 0 aromatic heterocycles. The Labute approximate surface area is 97.2 Å². The zero-order valence-electron chi connectivity index (χ0n) is 10.0. The van der Waals surface area contributed by atoms with Crippen LogP contribution in [-0.4, -0.2) is 58.9 Å². The lowest BCUT2D eigenvalue weighted by molar-refractivity contribution is -0.0654. The Bertz CT molecular complexity index is 168. The van der Waals surface area contributed by atoms with E-state index in [9.17, 15) is 0 Å². The fraction of sp³-hybridized carbons (Fsp3) is 1.00. The number of ether oxygens (including phenoxy) is 4. The van der Waals surface area contributed by atoms with Crippen molar-refractivity contribution in [1.82, 2.24) is 0 Å². The van der Waals surface area contributed by atoms with Crippen LogP contribution in [0.5, 0.6) is 0 Å². The molecule has 96 valence electrons. The van der Waals surface area contributed by atoms with Gasteiger partial charge in [-0.05, 0) is 12.8 Å². The van der Waals surface area contributed by atoms with Crippen molar-refractivity contribution in [2.75, 3.05) is 46.8 Å². The van der Waals surface area contributed by atoms with Crippen LogP contribution in [-0.2, 0) is 18.9 Å². The molecular weight excluding hydrogens is 210 g/mol. The summed E-state index contributed by atoms with van der Waals surface area (Å²) in [5.41, 5.74) is 5.91. The third-order valence-electron chi connectivity index (χ3n) is 2.55. The summed E-state index contributed by atoms with van der Waals surface area (Å²) in [6.07, 6.45) is 1.81. The average molecular weight is 233 g/mol. The van der Waals surface area contributed by atoms with Gasteiger partial charge in [0.1, 0.15) is 0 Å². The van der Waals surface area contributed by atoms with Crippen LogP contribution >= 0.6 is 0 Å². The lowest BCUT2D eigenvalue weighted by Crippen LogP contribution is -2.44.